The van der Waals surface area contributed by atoms with Crippen molar-refractivity contribution in [1.29, 1.82) is 0 Å². The number of hydrogen-bond acceptors (Lipinski definition) is 4. The van der Waals surface area contributed by atoms with E-state index in [1.807, 2.05) is 6.92 Å². The van der Waals surface area contributed by atoms with Gasteiger partial charge in [-0.05, 0) is 6.92 Å². The van der Waals surface area contributed by atoms with E-state index in [-0.39, 0.29) is 0 Å². The summed E-state index contributed by atoms with van der Waals surface area (Å²) in [6.07, 6.45) is 0. The number of hydrogen-bond donors (Lipinski definition) is 0. The van der Waals surface area contributed by atoms with Crippen LogP contribution in [0.25, 0.3) is 0 Å². The molecule has 0 rings (SSSR count). The van der Waals surface area contributed by atoms with Crippen LogP contribution in [0.1, 0.15) is 6.92 Å². The monoisotopic (exact) mass is 204 g/mol. The summed E-state index contributed by atoms with van der Waals surface area (Å²) in [4.78, 5) is 0. The highest BCUT2D eigenvalue weighted by atomic mass is 28.4. The number of ether oxygens (including phenoxy) is 1. The van der Waals surface area contributed by atoms with E-state index in [4.69, 9.17) is 18.0 Å². The molecule has 13 heavy (non-hydrogen) atoms. The average molecular weight is 204 g/mol. The van der Waals surface area contributed by atoms with Crippen molar-refractivity contribution >= 4 is 8.80 Å². The van der Waals surface area contributed by atoms with Crippen LogP contribution in [-0.4, -0.2) is 36.7 Å². The molecule has 4 nitrogen and oxygen atoms in total. The van der Waals surface area contributed by atoms with Gasteiger partial charge in [0.25, 0.3) is 0 Å². The lowest BCUT2D eigenvalue weighted by atomic mass is 10.8. The van der Waals surface area contributed by atoms with Crippen molar-refractivity contribution in [2.45, 2.75) is 6.92 Å². The second-order valence-corrected chi connectivity index (χ2v) is 4.90. The Morgan fingerprint density at radius 2 is 1.69 bits per heavy atom. The third-order valence-electron chi connectivity index (χ3n) is 1.53. The Bertz CT molecular complexity index is 186. The molecule has 0 amide bonds. The van der Waals surface area contributed by atoms with Crippen LogP contribution < -0.4 is 0 Å². The third-order valence-corrected chi connectivity index (χ3v) is 4.02. The zero-order valence-corrected chi connectivity index (χ0v) is 9.55. The Kier molecular flexibility index (Phi) is 5.69. The third kappa shape index (κ3) is 2.69. The molecule has 0 aliphatic rings. The van der Waals surface area contributed by atoms with Gasteiger partial charge < -0.3 is 18.0 Å². The molecule has 0 aliphatic heterocycles. The van der Waals surface area contributed by atoms with E-state index in [0.717, 1.165) is 0 Å². The Hall–Kier alpha value is -0.583. The van der Waals surface area contributed by atoms with Crippen molar-refractivity contribution in [3.8, 4) is 0 Å². The maximum absolute atomic E-state index is 5.26. The molecule has 76 valence electrons. The fourth-order valence-electron chi connectivity index (χ4n) is 0.920. The lowest BCUT2D eigenvalue weighted by Crippen LogP contribution is -2.46. The molecule has 0 heterocycles. The van der Waals surface area contributed by atoms with Crippen LogP contribution >= 0.6 is 0 Å². The molecule has 0 aromatic heterocycles. The Labute approximate surface area is 80.1 Å². The first-order chi connectivity index (χ1) is 6.20. The van der Waals surface area contributed by atoms with Gasteiger partial charge in [0.05, 0.1) is 6.61 Å². The van der Waals surface area contributed by atoms with Crippen LogP contribution in [0, 0.1) is 0 Å². The van der Waals surface area contributed by atoms with Crippen molar-refractivity contribution < 1.29 is 18.0 Å². The van der Waals surface area contributed by atoms with E-state index in [1.54, 1.807) is 0 Å². The normalized spacial score (nSPS) is 10.8. The van der Waals surface area contributed by atoms with Crippen molar-refractivity contribution in [1.82, 2.24) is 0 Å². The van der Waals surface area contributed by atoms with Crippen LogP contribution in [0.5, 0.6) is 0 Å². The molecule has 5 heteroatoms. The summed E-state index contributed by atoms with van der Waals surface area (Å²) in [5.41, 5.74) is 2.63. The van der Waals surface area contributed by atoms with Gasteiger partial charge in [-0.3, -0.25) is 0 Å². The van der Waals surface area contributed by atoms with Gasteiger partial charge in [0, 0.05) is 21.3 Å². The van der Waals surface area contributed by atoms with E-state index < -0.39 is 8.80 Å². The molecule has 0 aromatic carbocycles. The molecule has 0 bridgehead atoms. The maximum Gasteiger partial charge on any atom is 0.581 e. The summed E-state index contributed by atoms with van der Waals surface area (Å²) in [6.45, 7) is 5.86. The Balaban J connectivity index is 4.78. The maximum atomic E-state index is 5.26. The van der Waals surface area contributed by atoms with Crippen LogP contribution in [-0.2, 0) is 18.0 Å². The van der Waals surface area contributed by atoms with Crippen LogP contribution in [0.4, 0.5) is 0 Å². The van der Waals surface area contributed by atoms with Crippen LogP contribution in [0.3, 0.4) is 0 Å². The largest absolute Gasteiger partial charge is 0.581 e. The van der Waals surface area contributed by atoms with Gasteiger partial charge in [-0.25, -0.2) is 0 Å². The predicted octanol–water partition coefficient (Wildman–Crippen LogP) is 1.11. The predicted molar refractivity (Wildman–Crippen MR) is 51.1 cm³/mol. The van der Waals surface area contributed by atoms with Gasteiger partial charge in [-0.2, -0.15) is 0 Å². The minimum absolute atomic E-state index is 0.419. The highest BCUT2D eigenvalue weighted by Gasteiger charge is 2.45. The highest BCUT2D eigenvalue weighted by molar-refractivity contribution is 6.67. The molecule has 0 atom stereocenters. The molecular weight excluding hydrogens is 188 g/mol. The van der Waals surface area contributed by atoms with Gasteiger partial charge in [-0.1, -0.05) is 12.3 Å². The van der Waals surface area contributed by atoms with E-state index >= 15 is 0 Å². The quantitative estimate of drug-likeness (QED) is 0.369. The molecule has 0 unspecified atom stereocenters. The molecule has 0 aliphatic carbocycles. The molecule has 0 spiro atoms. The second kappa shape index (κ2) is 5.96. The van der Waals surface area contributed by atoms with E-state index in [1.165, 1.54) is 21.3 Å². The molecular formula is C8H16O4Si. The molecule has 0 saturated heterocycles. The molecule has 0 radical (unpaired) electrons. The summed E-state index contributed by atoms with van der Waals surface area (Å²) in [5, 5.41) is 0.419. The van der Waals surface area contributed by atoms with Crippen molar-refractivity contribution in [3.63, 3.8) is 0 Å². The van der Waals surface area contributed by atoms with Gasteiger partial charge in [0.15, 0.2) is 0 Å². The second-order valence-electron chi connectivity index (χ2n) is 2.11. The zero-order chi connectivity index (χ0) is 10.3. The first-order valence-corrected chi connectivity index (χ1v) is 5.62. The first-order valence-electron chi connectivity index (χ1n) is 3.89. The molecule has 0 saturated carbocycles. The number of rotatable bonds is 6. The Morgan fingerprint density at radius 1 is 1.23 bits per heavy atom. The fraction of sp³-hybridized carbons (Fsp3) is 0.625. The molecule has 0 aromatic rings. The van der Waals surface area contributed by atoms with Crippen molar-refractivity contribution in [2.75, 3.05) is 27.9 Å². The molecule has 0 N–H and O–H groups in total. The zero-order valence-electron chi connectivity index (χ0n) is 8.55. The summed E-state index contributed by atoms with van der Waals surface area (Å²) in [6, 6.07) is 0. The summed E-state index contributed by atoms with van der Waals surface area (Å²) in [5.74, 6) is 0. The minimum atomic E-state index is -2.85. The lowest BCUT2D eigenvalue weighted by molar-refractivity contribution is 0.101. The summed E-state index contributed by atoms with van der Waals surface area (Å²) in [7, 11) is 1.68. The SMILES string of the molecule is C=C=C(OCC)[Si](OC)(OC)OC. The van der Waals surface area contributed by atoms with Gasteiger partial charge in [-0.15, -0.1) is 0 Å². The van der Waals surface area contributed by atoms with E-state index in [9.17, 15) is 0 Å². The van der Waals surface area contributed by atoms with Crippen molar-refractivity contribution in [3.05, 3.63) is 17.7 Å². The Morgan fingerprint density at radius 3 is 1.92 bits per heavy atom. The van der Waals surface area contributed by atoms with E-state index in [0.29, 0.717) is 12.0 Å². The van der Waals surface area contributed by atoms with Gasteiger partial charge in [0.1, 0.15) is 0 Å². The molecule has 0 fully saturated rings. The summed E-state index contributed by atoms with van der Waals surface area (Å²) >= 11 is 0. The summed E-state index contributed by atoms with van der Waals surface area (Å²) < 4.78 is 20.8. The van der Waals surface area contributed by atoms with Gasteiger partial charge >= 0.3 is 8.80 Å². The first kappa shape index (κ1) is 12.4. The minimum Gasteiger partial charge on any atom is -0.487 e. The van der Waals surface area contributed by atoms with Gasteiger partial charge in [0.2, 0.25) is 5.38 Å². The smallest absolute Gasteiger partial charge is 0.487 e. The van der Waals surface area contributed by atoms with Crippen LogP contribution in [0.15, 0.2) is 17.7 Å². The standard InChI is InChI=1S/C8H16O4Si/c1-6-8(12-7-2)13(9-3,10-4)11-5/h1,7H2,2-5H3. The van der Waals surface area contributed by atoms with E-state index in [2.05, 4.69) is 12.3 Å². The topological polar surface area (TPSA) is 36.9 Å². The fourth-order valence-corrected chi connectivity index (χ4v) is 2.51. The van der Waals surface area contributed by atoms with Crippen molar-refractivity contribution in [2.24, 2.45) is 0 Å². The average Bonchev–Trinajstić information content (AvgIpc) is 2.19. The lowest BCUT2D eigenvalue weighted by Gasteiger charge is -2.24. The highest BCUT2D eigenvalue weighted by Crippen LogP contribution is 2.17. The van der Waals surface area contributed by atoms with Crippen LogP contribution in [0.2, 0.25) is 0 Å².